The predicted octanol–water partition coefficient (Wildman–Crippen LogP) is 2.97. The average Bonchev–Trinajstić information content (AvgIpc) is 2.34. The van der Waals surface area contributed by atoms with Crippen LogP contribution in [0.15, 0.2) is 22.7 Å². The van der Waals surface area contributed by atoms with E-state index in [1.54, 1.807) is 18.2 Å². The summed E-state index contributed by atoms with van der Waals surface area (Å²) < 4.78 is 0.846. The quantitative estimate of drug-likeness (QED) is 0.677. The fourth-order valence-corrected chi connectivity index (χ4v) is 1.98. The number of aliphatic hydroxyl groups excluding tert-OH is 1. The Hall–Kier alpha value is -1.07. The number of benzene rings is 1. The van der Waals surface area contributed by atoms with Gasteiger partial charge in [-0.2, -0.15) is 0 Å². The van der Waals surface area contributed by atoms with E-state index in [0.717, 1.165) is 17.3 Å². The Bertz CT molecular complexity index is 409. The zero-order valence-electron chi connectivity index (χ0n) is 10.3. The Labute approximate surface area is 115 Å². The highest BCUT2D eigenvalue weighted by molar-refractivity contribution is 9.10. The lowest BCUT2D eigenvalue weighted by molar-refractivity contribution is 0.0698. The van der Waals surface area contributed by atoms with E-state index in [1.165, 1.54) is 0 Å². The summed E-state index contributed by atoms with van der Waals surface area (Å²) >= 11 is 3.32. The summed E-state index contributed by atoms with van der Waals surface area (Å²) in [5, 5.41) is 21.1. The molecule has 0 spiro atoms. The third-order valence-electron chi connectivity index (χ3n) is 2.71. The number of hydrogen-bond acceptors (Lipinski definition) is 3. The largest absolute Gasteiger partial charge is 0.478 e. The van der Waals surface area contributed by atoms with Crippen LogP contribution in [0.1, 0.15) is 30.1 Å². The maximum absolute atomic E-state index is 11.0. The van der Waals surface area contributed by atoms with Crippen molar-refractivity contribution in [3.05, 3.63) is 28.2 Å². The number of carboxylic acid groups (broad SMARTS) is 1. The molecular formula is C13H18BrNO3. The van der Waals surface area contributed by atoms with Crippen molar-refractivity contribution in [3.8, 4) is 0 Å². The van der Waals surface area contributed by atoms with Crippen LogP contribution in [0.2, 0.25) is 0 Å². The molecule has 1 aromatic carbocycles. The highest BCUT2D eigenvalue weighted by atomic mass is 79.9. The number of hydrogen-bond donors (Lipinski definition) is 3. The van der Waals surface area contributed by atoms with Gasteiger partial charge in [0.15, 0.2) is 0 Å². The van der Waals surface area contributed by atoms with E-state index < -0.39 is 5.97 Å². The maximum atomic E-state index is 11.0. The molecule has 3 N–H and O–H groups in total. The number of nitrogens with one attached hydrogen (secondary N) is 1. The minimum atomic E-state index is -0.936. The topological polar surface area (TPSA) is 69.6 Å². The Morgan fingerprint density at radius 2 is 2.22 bits per heavy atom. The first-order valence-electron chi connectivity index (χ1n) is 5.92. The molecular weight excluding hydrogens is 298 g/mol. The SMILES string of the molecule is CC(CO)CCCNc1cc(Br)ccc1C(=O)O. The second-order valence-electron chi connectivity index (χ2n) is 4.35. The van der Waals surface area contributed by atoms with Crippen LogP contribution in [0.25, 0.3) is 0 Å². The van der Waals surface area contributed by atoms with Crippen molar-refractivity contribution in [1.82, 2.24) is 0 Å². The van der Waals surface area contributed by atoms with Crippen LogP contribution in [0, 0.1) is 5.92 Å². The molecule has 0 saturated carbocycles. The van der Waals surface area contributed by atoms with Gasteiger partial charge in [0, 0.05) is 23.3 Å². The molecule has 0 fully saturated rings. The Kier molecular flexibility index (Phi) is 6.15. The predicted molar refractivity (Wildman–Crippen MR) is 75.1 cm³/mol. The fraction of sp³-hybridized carbons (Fsp3) is 0.462. The van der Waals surface area contributed by atoms with Crippen LogP contribution in [-0.4, -0.2) is 29.3 Å². The summed E-state index contributed by atoms with van der Waals surface area (Å²) in [7, 11) is 0. The number of carbonyl (C=O) groups is 1. The third kappa shape index (κ3) is 4.66. The number of anilines is 1. The summed E-state index contributed by atoms with van der Waals surface area (Å²) in [6.07, 6.45) is 1.81. The van der Waals surface area contributed by atoms with Crippen LogP contribution >= 0.6 is 15.9 Å². The highest BCUT2D eigenvalue weighted by Gasteiger charge is 2.09. The Balaban J connectivity index is 2.55. The number of halogens is 1. The van der Waals surface area contributed by atoms with Crippen molar-refractivity contribution < 1.29 is 15.0 Å². The minimum Gasteiger partial charge on any atom is -0.478 e. The second-order valence-corrected chi connectivity index (χ2v) is 5.27. The van der Waals surface area contributed by atoms with Gasteiger partial charge in [0.25, 0.3) is 0 Å². The highest BCUT2D eigenvalue weighted by Crippen LogP contribution is 2.21. The van der Waals surface area contributed by atoms with E-state index in [9.17, 15) is 4.79 Å². The zero-order valence-corrected chi connectivity index (χ0v) is 11.9. The first-order chi connectivity index (χ1) is 8.54. The smallest absolute Gasteiger partial charge is 0.337 e. The third-order valence-corrected chi connectivity index (χ3v) is 3.21. The molecule has 0 aliphatic heterocycles. The number of aromatic carboxylic acids is 1. The molecule has 0 heterocycles. The first-order valence-corrected chi connectivity index (χ1v) is 6.71. The Morgan fingerprint density at radius 1 is 1.50 bits per heavy atom. The molecule has 1 aromatic rings. The fourth-order valence-electron chi connectivity index (χ4n) is 1.61. The molecule has 18 heavy (non-hydrogen) atoms. The molecule has 0 aromatic heterocycles. The van der Waals surface area contributed by atoms with Crippen molar-refractivity contribution >= 4 is 27.6 Å². The van der Waals surface area contributed by atoms with Crippen LogP contribution < -0.4 is 5.32 Å². The second kappa shape index (κ2) is 7.38. The lowest BCUT2D eigenvalue weighted by atomic mass is 10.1. The summed E-state index contributed by atoms with van der Waals surface area (Å²) in [5.74, 6) is -0.651. The van der Waals surface area contributed by atoms with Crippen molar-refractivity contribution in [3.63, 3.8) is 0 Å². The first kappa shape index (κ1) is 15.0. The molecule has 100 valence electrons. The van der Waals surface area contributed by atoms with Gasteiger partial charge in [-0.05, 0) is 37.0 Å². The normalized spacial score (nSPS) is 12.2. The molecule has 1 unspecified atom stereocenters. The molecule has 5 heteroatoms. The van der Waals surface area contributed by atoms with Gasteiger partial charge in [0.1, 0.15) is 0 Å². The summed E-state index contributed by atoms with van der Waals surface area (Å²) in [6.45, 7) is 2.88. The van der Waals surface area contributed by atoms with Crippen LogP contribution in [0.3, 0.4) is 0 Å². The molecule has 4 nitrogen and oxygen atoms in total. The van der Waals surface area contributed by atoms with Crippen molar-refractivity contribution in [2.24, 2.45) is 5.92 Å². The van der Waals surface area contributed by atoms with E-state index in [1.807, 2.05) is 6.92 Å². The maximum Gasteiger partial charge on any atom is 0.337 e. The summed E-state index contributed by atoms with van der Waals surface area (Å²) in [6, 6.07) is 5.05. The van der Waals surface area contributed by atoms with Gasteiger partial charge >= 0.3 is 5.97 Å². The molecule has 0 aliphatic carbocycles. The molecule has 0 radical (unpaired) electrons. The zero-order chi connectivity index (χ0) is 13.5. The van der Waals surface area contributed by atoms with Gasteiger partial charge in [-0.3, -0.25) is 0 Å². The van der Waals surface area contributed by atoms with Crippen molar-refractivity contribution in [1.29, 1.82) is 0 Å². The van der Waals surface area contributed by atoms with Crippen molar-refractivity contribution in [2.45, 2.75) is 19.8 Å². The molecule has 1 atom stereocenters. The van der Waals surface area contributed by atoms with E-state index in [2.05, 4.69) is 21.2 Å². The van der Waals surface area contributed by atoms with E-state index in [-0.39, 0.29) is 18.1 Å². The van der Waals surface area contributed by atoms with Crippen LogP contribution in [0.4, 0.5) is 5.69 Å². The standard InChI is InChI=1S/C13H18BrNO3/c1-9(8-16)3-2-6-15-12-7-10(14)4-5-11(12)13(17)18/h4-5,7,9,15-16H,2-3,6,8H2,1H3,(H,17,18). The van der Waals surface area contributed by atoms with Gasteiger partial charge < -0.3 is 15.5 Å². The van der Waals surface area contributed by atoms with E-state index >= 15 is 0 Å². The lowest BCUT2D eigenvalue weighted by Gasteiger charge is -2.11. The Morgan fingerprint density at radius 3 is 2.83 bits per heavy atom. The van der Waals surface area contributed by atoms with Gasteiger partial charge in [-0.15, -0.1) is 0 Å². The van der Waals surface area contributed by atoms with Gasteiger partial charge in [-0.25, -0.2) is 4.79 Å². The number of aliphatic hydroxyl groups is 1. The molecule has 0 saturated heterocycles. The molecule has 1 rings (SSSR count). The minimum absolute atomic E-state index is 0.192. The van der Waals surface area contributed by atoms with Gasteiger partial charge in [-0.1, -0.05) is 22.9 Å². The number of carboxylic acids is 1. The van der Waals surface area contributed by atoms with Crippen molar-refractivity contribution in [2.75, 3.05) is 18.5 Å². The number of rotatable bonds is 7. The average molecular weight is 316 g/mol. The van der Waals surface area contributed by atoms with Gasteiger partial charge in [0.05, 0.1) is 5.56 Å². The van der Waals surface area contributed by atoms with Crippen LogP contribution in [0.5, 0.6) is 0 Å². The molecule has 0 bridgehead atoms. The summed E-state index contributed by atoms with van der Waals surface area (Å²) in [4.78, 5) is 11.0. The van der Waals surface area contributed by atoms with Crippen LogP contribution in [-0.2, 0) is 0 Å². The monoisotopic (exact) mass is 315 g/mol. The molecule has 0 amide bonds. The van der Waals surface area contributed by atoms with Gasteiger partial charge in [0.2, 0.25) is 0 Å². The van der Waals surface area contributed by atoms with E-state index in [4.69, 9.17) is 10.2 Å². The molecule has 0 aliphatic rings. The lowest BCUT2D eigenvalue weighted by Crippen LogP contribution is -2.09. The summed E-state index contributed by atoms with van der Waals surface area (Å²) in [5.41, 5.74) is 0.891. The van der Waals surface area contributed by atoms with E-state index in [0.29, 0.717) is 12.2 Å².